The van der Waals surface area contributed by atoms with Gasteiger partial charge in [-0.3, -0.25) is 24.5 Å². The molecule has 50 heavy (non-hydrogen) atoms. The molecular weight excluding hydrogens is 679 g/mol. The lowest BCUT2D eigenvalue weighted by Gasteiger charge is -2.18. The van der Waals surface area contributed by atoms with Gasteiger partial charge in [-0.25, -0.2) is 13.6 Å². The Bertz CT molecular complexity index is 2160. The first-order valence-electron chi connectivity index (χ1n) is 14.9. The molecule has 5 N–H and O–H groups in total. The van der Waals surface area contributed by atoms with Crippen LogP contribution in [0.15, 0.2) is 149 Å². The molecule has 5 aromatic carbocycles. The van der Waals surface area contributed by atoms with Crippen molar-refractivity contribution in [1.82, 2.24) is 5.32 Å². The van der Waals surface area contributed by atoms with Gasteiger partial charge in [0, 0.05) is 34.0 Å². The maximum atomic E-state index is 13.6. The Hall–Kier alpha value is -6.09. The number of nitro benzene ring substituents is 1. The summed E-state index contributed by atoms with van der Waals surface area (Å²) < 4.78 is 23.3. The summed E-state index contributed by atoms with van der Waals surface area (Å²) in [4.78, 5) is 51.3. The highest BCUT2D eigenvalue weighted by atomic mass is 32.2. The van der Waals surface area contributed by atoms with Crippen LogP contribution in [0.3, 0.4) is 0 Å². The van der Waals surface area contributed by atoms with E-state index in [0.29, 0.717) is 33.0 Å². The molecular formula is C36H29N5O7S2. The lowest BCUT2D eigenvalue weighted by Crippen LogP contribution is -2.30. The van der Waals surface area contributed by atoms with Crippen molar-refractivity contribution in [2.75, 3.05) is 10.6 Å². The fourth-order valence-electron chi connectivity index (χ4n) is 4.62. The molecule has 0 spiro atoms. The van der Waals surface area contributed by atoms with Gasteiger partial charge in [0.2, 0.25) is 15.9 Å². The van der Waals surface area contributed by atoms with E-state index in [9.17, 15) is 32.9 Å². The SMILES string of the molecule is NS(=O)(=O)c1ccc(NC(=O)C(Sc2cccc(NC(=O)/C(=C\c3ccc([N+](=O)[O-])cc3)NC(=O)c3ccccc3)c2)c2ccccc2)cc1. The average Bonchev–Trinajstić information content (AvgIpc) is 3.11. The summed E-state index contributed by atoms with van der Waals surface area (Å²) in [5.74, 6) is -1.57. The van der Waals surface area contributed by atoms with E-state index in [1.165, 1.54) is 66.4 Å². The zero-order chi connectivity index (χ0) is 35.7. The molecule has 0 aliphatic heterocycles. The maximum absolute atomic E-state index is 13.6. The fraction of sp³-hybridized carbons (Fsp3) is 0.0278. The van der Waals surface area contributed by atoms with Crippen LogP contribution in [0, 0.1) is 10.1 Å². The smallest absolute Gasteiger partial charge is 0.272 e. The molecule has 0 saturated heterocycles. The number of carbonyl (C=O) groups is 3. The summed E-state index contributed by atoms with van der Waals surface area (Å²) >= 11 is 1.22. The standard InChI is InChI=1S/C36H29N5O7S2/c37-50(47,48)31-20-16-27(17-21-31)38-36(44)33(25-8-3-1-4-9-25)49-30-13-7-12-28(23-30)39-35(43)32(40-34(42)26-10-5-2-6-11-26)22-24-14-18-29(19-15-24)41(45)46/h1-23,33H,(H,38,44)(H,39,43)(H,40,42)(H2,37,47,48)/b32-22+. The van der Waals surface area contributed by atoms with Gasteiger partial charge in [-0.15, -0.1) is 11.8 Å². The van der Waals surface area contributed by atoms with E-state index < -0.39 is 32.0 Å². The molecule has 0 bridgehead atoms. The first kappa shape index (κ1) is 35.2. The number of nitrogens with two attached hydrogens (primary N) is 1. The highest BCUT2D eigenvalue weighted by Gasteiger charge is 2.23. The van der Waals surface area contributed by atoms with E-state index in [4.69, 9.17) is 5.14 Å². The molecule has 252 valence electrons. The van der Waals surface area contributed by atoms with E-state index in [0.717, 1.165) is 0 Å². The molecule has 1 unspecified atom stereocenters. The summed E-state index contributed by atoms with van der Waals surface area (Å²) in [6.07, 6.45) is 1.41. The second-order valence-corrected chi connectivity index (χ2v) is 13.4. The molecule has 14 heteroatoms. The van der Waals surface area contributed by atoms with Crippen molar-refractivity contribution in [3.8, 4) is 0 Å². The third-order valence-corrected chi connectivity index (χ3v) is 9.26. The normalized spacial score (nSPS) is 12.0. The minimum absolute atomic E-state index is 0.0891. The van der Waals surface area contributed by atoms with Crippen molar-refractivity contribution >= 4 is 62.6 Å². The van der Waals surface area contributed by atoms with E-state index in [1.54, 1.807) is 78.9 Å². The van der Waals surface area contributed by atoms with E-state index >= 15 is 0 Å². The highest BCUT2D eigenvalue weighted by molar-refractivity contribution is 8.00. The fourth-order valence-corrected chi connectivity index (χ4v) is 6.22. The number of rotatable bonds is 12. The Morgan fingerprint density at radius 3 is 2.02 bits per heavy atom. The van der Waals surface area contributed by atoms with Gasteiger partial charge < -0.3 is 16.0 Å². The number of primary sulfonamides is 1. The van der Waals surface area contributed by atoms with Crippen LogP contribution < -0.4 is 21.1 Å². The van der Waals surface area contributed by atoms with Crippen LogP contribution in [0.5, 0.6) is 0 Å². The number of thioether (sulfide) groups is 1. The number of hydrogen-bond donors (Lipinski definition) is 4. The number of nitrogens with zero attached hydrogens (tertiary/aromatic N) is 1. The first-order chi connectivity index (χ1) is 24.0. The van der Waals surface area contributed by atoms with Gasteiger partial charge in [0.1, 0.15) is 10.9 Å². The van der Waals surface area contributed by atoms with Crippen molar-refractivity contribution in [1.29, 1.82) is 0 Å². The Kier molecular flexibility index (Phi) is 11.2. The van der Waals surface area contributed by atoms with Crippen LogP contribution >= 0.6 is 11.8 Å². The molecule has 3 amide bonds. The molecule has 5 rings (SSSR count). The largest absolute Gasteiger partial charge is 0.325 e. The molecule has 0 radical (unpaired) electrons. The Morgan fingerprint density at radius 1 is 0.760 bits per heavy atom. The molecule has 1 atom stereocenters. The number of benzene rings is 5. The Morgan fingerprint density at radius 2 is 1.40 bits per heavy atom. The summed E-state index contributed by atoms with van der Waals surface area (Å²) in [7, 11) is -3.90. The Balaban J connectivity index is 1.37. The number of amides is 3. The van der Waals surface area contributed by atoms with Gasteiger partial charge in [0.25, 0.3) is 17.5 Å². The van der Waals surface area contributed by atoms with Crippen molar-refractivity contribution in [2.24, 2.45) is 5.14 Å². The second-order valence-electron chi connectivity index (χ2n) is 10.7. The number of carbonyl (C=O) groups excluding carboxylic acids is 3. The van der Waals surface area contributed by atoms with Gasteiger partial charge in [0.15, 0.2) is 0 Å². The average molecular weight is 708 g/mol. The summed E-state index contributed by atoms with van der Waals surface area (Å²) in [6, 6.07) is 35.1. The molecule has 5 aromatic rings. The number of nitro groups is 1. The van der Waals surface area contributed by atoms with Crippen LogP contribution in [0.1, 0.15) is 26.7 Å². The summed E-state index contributed by atoms with van der Waals surface area (Å²) in [5, 5.41) is 23.8. The zero-order valence-electron chi connectivity index (χ0n) is 26.1. The molecule has 0 aromatic heterocycles. The Labute approximate surface area is 291 Å². The molecule has 0 saturated carbocycles. The van der Waals surface area contributed by atoms with Crippen LogP contribution in [0.4, 0.5) is 17.1 Å². The summed E-state index contributed by atoms with van der Waals surface area (Å²) in [6.45, 7) is 0. The number of nitrogens with one attached hydrogen (secondary N) is 3. The molecule has 0 heterocycles. The minimum atomic E-state index is -3.90. The van der Waals surface area contributed by atoms with E-state index in [-0.39, 0.29) is 22.2 Å². The molecule has 0 fully saturated rings. The van der Waals surface area contributed by atoms with Crippen molar-refractivity contribution in [3.63, 3.8) is 0 Å². The predicted octanol–water partition coefficient (Wildman–Crippen LogP) is 6.12. The lowest BCUT2D eigenvalue weighted by molar-refractivity contribution is -0.384. The second kappa shape index (κ2) is 15.9. The van der Waals surface area contributed by atoms with Crippen molar-refractivity contribution < 1.29 is 27.7 Å². The van der Waals surface area contributed by atoms with Gasteiger partial charge in [-0.1, -0.05) is 54.6 Å². The molecule has 0 aliphatic carbocycles. The number of anilines is 2. The number of hydrogen-bond acceptors (Lipinski definition) is 8. The van der Waals surface area contributed by atoms with Gasteiger partial charge in [0.05, 0.1) is 9.82 Å². The third kappa shape index (κ3) is 9.50. The van der Waals surface area contributed by atoms with E-state index in [1.807, 2.05) is 6.07 Å². The van der Waals surface area contributed by atoms with Crippen LogP contribution in [0.2, 0.25) is 0 Å². The van der Waals surface area contributed by atoms with Crippen molar-refractivity contribution in [3.05, 3.63) is 166 Å². The molecule has 12 nitrogen and oxygen atoms in total. The van der Waals surface area contributed by atoms with Gasteiger partial charge >= 0.3 is 0 Å². The minimum Gasteiger partial charge on any atom is -0.325 e. The van der Waals surface area contributed by atoms with Gasteiger partial charge in [-0.2, -0.15) is 0 Å². The van der Waals surface area contributed by atoms with Crippen LogP contribution in [-0.2, 0) is 19.6 Å². The molecule has 0 aliphatic rings. The van der Waals surface area contributed by atoms with Crippen molar-refractivity contribution in [2.45, 2.75) is 15.0 Å². The third-order valence-electron chi connectivity index (χ3n) is 7.08. The van der Waals surface area contributed by atoms with Crippen LogP contribution in [0.25, 0.3) is 6.08 Å². The predicted molar refractivity (Wildman–Crippen MR) is 192 cm³/mol. The highest BCUT2D eigenvalue weighted by Crippen LogP contribution is 2.37. The topological polar surface area (TPSA) is 191 Å². The number of sulfonamides is 1. The zero-order valence-corrected chi connectivity index (χ0v) is 27.7. The van der Waals surface area contributed by atoms with E-state index in [2.05, 4.69) is 16.0 Å². The summed E-state index contributed by atoms with van der Waals surface area (Å²) in [5.41, 5.74) is 1.96. The number of non-ortho nitro benzene ring substituents is 1. The van der Waals surface area contributed by atoms with Gasteiger partial charge in [-0.05, 0) is 83.9 Å². The lowest BCUT2D eigenvalue weighted by atomic mass is 10.1. The first-order valence-corrected chi connectivity index (χ1v) is 17.3. The quantitative estimate of drug-likeness (QED) is 0.0516. The monoisotopic (exact) mass is 707 g/mol. The van der Waals surface area contributed by atoms with Crippen LogP contribution in [-0.4, -0.2) is 31.1 Å². The maximum Gasteiger partial charge on any atom is 0.272 e.